The largest absolute Gasteiger partial charge is 0.508 e. The predicted molar refractivity (Wildman–Crippen MR) is 390 cm³/mol. The SMILES string of the molecule is C.CC(C)Oc1ccc(C(=O)N[C@@H](Cc2ccc(O)cc2)C(N)=O)cc1Cl.CC(C)Oc1ccc(C(=O)N[C@@H](Cc2ccc(OC[C@@H](C)CO)cc2)C(N)=O)cc1Cl.CC(C)Oc1ccc(C(=O)Oc2c(F)c(F)c(F)c(F)c2F)cc1Cl.C[C@@H](CO)CBr.Cl.NC(=O)[C@@H](N)Cc1ccc(O)cc1. The molecular weight excluding hydrogens is 1510 g/mol. The molecule has 564 valence electrons. The maximum Gasteiger partial charge on any atom is 0.343 e. The number of primary amides is 3. The summed E-state index contributed by atoms with van der Waals surface area (Å²) in [5.41, 5.74) is 24.1. The van der Waals surface area contributed by atoms with E-state index in [1.807, 2.05) is 41.5 Å². The zero-order chi connectivity index (χ0) is 76.0. The molecule has 5 amide bonds. The van der Waals surface area contributed by atoms with E-state index in [2.05, 4.69) is 31.3 Å². The van der Waals surface area contributed by atoms with Gasteiger partial charge in [0.2, 0.25) is 52.6 Å². The van der Waals surface area contributed by atoms with Crippen molar-refractivity contribution in [1.82, 2.24) is 10.6 Å². The van der Waals surface area contributed by atoms with Crippen LogP contribution in [-0.4, -0.2) is 118 Å². The van der Waals surface area contributed by atoms with Crippen LogP contribution in [0.4, 0.5) is 22.0 Å². The fraction of sp³-hybridized carbons (Fsp3) is 0.333. The molecule has 0 heterocycles. The number of benzene rings is 7. The summed E-state index contributed by atoms with van der Waals surface area (Å²) >= 11 is 21.5. The molecule has 0 saturated heterocycles. The Morgan fingerprint density at radius 1 is 0.485 bits per heavy atom. The highest BCUT2D eigenvalue weighted by Crippen LogP contribution is 2.33. The summed E-state index contributed by atoms with van der Waals surface area (Å²) in [5, 5.41) is 42.4. The summed E-state index contributed by atoms with van der Waals surface area (Å²) in [6.45, 7) is 15.6. The summed E-state index contributed by atoms with van der Waals surface area (Å²) in [6.07, 6.45) is 0.544. The minimum Gasteiger partial charge on any atom is -0.508 e. The number of aromatic hydroxyl groups is 2. The van der Waals surface area contributed by atoms with Crippen LogP contribution in [0.3, 0.4) is 0 Å². The lowest BCUT2D eigenvalue weighted by Crippen LogP contribution is -2.45. The minimum absolute atomic E-state index is 0. The Morgan fingerprint density at radius 3 is 1.13 bits per heavy atom. The highest BCUT2D eigenvalue weighted by atomic mass is 79.9. The van der Waals surface area contributed by atoms with E-state index in [4.69, 9.17) is 92.0 Å². The van der Waals surface area contributed by atoms with Crippen molar-refractivity contribution in [2.45, 2.75) is 119 Å². The molecule has 0 bridgehead atoms. The van der Waals surface area contributed by atoms with E-state index < -0.39 is 88.5 Å². The number of hydrogen-bond acceptors (Lipinski definition) is 16. The molecule has 14 N–H and O–H groups in total. The lowest BCUT2D eigenvalue weighted by Gasteiger charge is -2.17. The van der Waals surface area contributed by atoms with Gasteiger partial charge in [0.1, 0.15) is 46.6 Å². The van der Waals surface area contributed by atoms with Crippen LogP contribution < -0.4 is 57.3 Å². The predicted octanol–water partition coefficient (Wildman–Crippen LogP) is 12.5. The maximum atomic E-state index is 13.5. The number of amides is 5. The van der Waals surface area contributed by atoms with Gasteiger partial charge in [-0.3, -0.25) is 24.0 Å². The minimum atomic E-state index is -2.35. The lowest BCUT2D eigenvalue weighted by atomic mass is 10.0. The fourth-order valence-electron chi connectivity index (χ4n) is 7.87. The van der Waals surface area contributed by atoms with E-state index in [0.717, 1.165) is 34.2 Å². The highest BCUT2D eigenvalue weighted by molar-refractivity contribution is 9.09. The molecule has 0 spiro atoms. The molecule has 0 aliphatic carbocycles. The average Bonchev–Trinajstić information content (AvgIpc) is 0.796. The number of carbonyl (C=O) groups excluding carboxylic acids is 6. The number of rotatable bonds is 27. The van der Waals surface area contributed by atoms with E-state index in [0.29, 0.717) is 57.4 Å². The van der Waals surface area contributed by atoms with Crippen molar-refractivity contribution in [3.63, 3.8) is 0 Å². The first-order valence-corrected chi connectivity index (χ1v) is 33.2. The normalized spacial score (nSPS) is 11.9. The van der Waals surface area contributed by atoms with Crippen molar-refractivity contribution in [2.24, 2.45) is 34.8 Å². The molecule has 7 rings (SSSR count). The van der Waals surface area contributed by atoms with Crippen molar-refractivity contribution in [2.75, 3.05) is 25.2 Å². The van der Waals surface area contributed by atoms with Gasteiger partial charge < -0.3 is 77.7 Å². The first-order chi connectivity index (χ1) is 47.5. The van der Waals surface area contributed by atoms with Gasteiger partial charge >= 0.3 is 5.97 Å². The van der Waals surface area contributed by atoms with Crippen LogP contribution in [0.5, 0.6) is 40.2 Å². The van der Waals surface area contributed by atoms with Crippen molar-refractivity contribution in [3.8, 4) is 40.2 Å². The summed E-state index contributed by atoms with van der Waals surface area (Å²) in [4.78, 5) is 71.2. The topological polar surface area (TPSA) is 358 Å². The van der Waals surface area contributed by atoms with Crippen molar-refractivity contribution >= 4 is 98.6 Å². The van der Waals surface area contributed by atoms with E-state index in [9.17, 15) is 55.8 Å². The van der Waals surface area contributed by atoms with Gasteiger partial charge in [0.15, 0.2) is 0 Å². The molecule has 21 nitrogen and oxygen atoms in total. The number of nitrogens with one attached hydrogen (secondary N) is 2. The number of halogens is 10. The van der Waals surface area contributed by atoms with Gasteiger partial charge in [-0.25, -0.2) is 18.0 Å². The number of aliphatic hydroxyl groups excluding tert-OH is 2. The summed E-state index contributed by atoms with van der Waals surface area (Å²) in [6, 6.07) is 30.4. The summed E-state index contributed by atoms with van der Waals surface area (Å²) in [5.74, 6) is -14.5. The van der Waals surface area contributed by atoms with Crippen LogP contribution in [0, 0.1) is 40.9 Å². The van der Waals surface area contributed by atoms with Gasteiger partial charge in [-0.05, 0) is 162 Å². The number of aliphatic hydroxyl groups is 2. The first kappa shape index (κ1) is 92.3. The Labute approximate surface area is 624 Å². The van der Waals surface area contributed by atoms with Gasteiger partial charge in [0, 0.05) is 48.4 Å². The summed E-state index contributed by atoms with van der Waals surface area (Å²) < 4.78 is 92.5. The van der Waals surface area contributed by atoms with Crippen LogP contribution in [-0.2, 0) is 33.6 Å². The third kappa shape index (κ3) is 32.3. The molecule has 0 saturated carbocycles. The number of alkyl halides is 1. The smallest absolute Gasteiger partial charge is 0.343 e. The zero-order valence-electron chi connectivity index (χ0n) is 56.6. The molecule has 31 heteroatoms. The third-order valence-electron chi connectivity index (χ3n) is 13.2. The van der Waals surface area contributed by atoms with Crippen LogP contribution in [0.25, 0.3) is 0 Å². The molecule has 5 atom stereocenters. The van der Waals surface area contributed by atoms with Crippen LogP contribution in [0.15, 0.2) is 127 Å². The van der Waals surface area contributed by atoms with Gasteiger partial charge in [0.05, 0.1) is 51.6 Å². The Kier molecular flexibility index (Phi) is 41.4. The van der Waals surface area contributed by atoms with E-state index >= 15 is 0 Å². The third-order valence-corrected chi connectivity index (χ3v) is 15.2. The number of ether oxygens (including phenoxy) is 5. The van der Waals surface area contributed by atoms with Gasteiger partial charge in [-0.1, -0.05) is 108 Å². The fourth-order valence-corrected chi connectivity index (χ4v) is 8.75. The number of nitrogens with two attached hydrogens (primary N) is 4. The number of phenolic OH excluding ortho intramolecular Hbond substituents is 2. The number of esters is 1. The average molecular weight is 1590 g/mol. The molecule has 0 aromatic heterocycles. The molecule has 0 unspecified atom stereocenters. The second kappa shape index (κ2) is 46.1. The maximum absolute atomic E-state index is 13.5. The molecule has 7 aromatic rings. The van der Waals surface area contributed by atoms with E-state index in [1.54, 1.807) is 98.8 Å². The number of hydrogen-bond donors (Lipinski definition) is 10. The monoisotopic (exact) mass is 1590 g/mol. The van der Waals surface area contributed by atoms with Gasteiger partial charge in [-0.2, -0.15) is 8.78 Å². The number of carbonyl (C=O) groups is 6. The molecule has 0 aliphatic rings. The molecular formula is C72H86BrCl4F5N6O15. The molecule has 103 heavy (non-hydrogen) atoms. The Bertz CT molecular complexity index is 3840. The second-order valence-electron chi connectivity index (χ2n) is 23.2. The molecule has 0 fully saturated rings. The van der Waals surface area contributed by atoms with Gasteiger partial charge in [0.25, 0.3) is 11.8 Å². The zero-order valence-corrected chi connectivity index (χ0v) is 61.3. The van der Waals surface area contributed by atoms with Crippen LogP contribution >= 0.6 is 63.1 Å². The van der Waals surface area contributed by atoms with Crippen molar-refractivity contribution in [3.05, 3.63) is 205 Å². The van der Waals surface area contributed by atoms with Crippen LogP contribution in [0.1, 0.15) is 111 Å². The second-order valence-corrected chi connectivity index (χ2v) is 25.1. The quantitative estimate of drug-likeness (QED) is 0.00571. The van der Waals surface area contributed by atoms with E-state index in [-0.39, 0.29) is 98.0 Å². The Balaban J connectivity index is 0.000000682. The lowest BCUT2D eigenvalue weighted by molar-refractivity contribution is -0.120. The van der Waals surface area contributed by atoms with Gasteiger partial charge in [-0.15, -0.1) is 12.4 Å². The van der Waals surface area contributed by atoms with Crippen LogP contribution in [0.2, 0.25) is 15.1 Å². The standard InChI is InChI=1S/C23H29ClN2O5.C19H21ClN2O4.C16H10ClF5O3.C9H12N2O2.C4H9BrO.CH4.ClH/c1-14(2)31-21-9-6-17(11-19(21)24)23(29)26-20(22(25)28)10-16-4-7-18(8-5-16)30-13-15(3)12-27;1-11(2)26-17-8-5-13(10-15(17)20)19(25)22-16(18(21)24)9-12-3-6-14(23)7-4-12;1-6(2)24-9-4-3-7(5-8(9)17)16(23)25-15-13(21)11(19)10(18)12(20)14(15)22;10-8(9(11)13)5-6-1-3-7(12)4-2-6;1-4(2-5)3-6;;/h4-9,11,14-15,20,27H,10,12-13H2,1-3H3,(H2,25,28)(H,26,29);3-8,10-11,16,23H,9H2,1-2H3,(H2,21,24)(H,22,25);3-6H,1-2H3;1-4,8,12H,5,10H2,(H2,11,13);4,6H,2-3H2,1H3;1H4;1H/t15-,20-;16-;;8-;4-;;/m00.01../s1. The highest BCUT2D eigenvalue weighted by Gasteiger charge is 2.30. The molecule has 7 aromatic carbocycles. The Hall–Kier alpha value is -8.67. The van der Waals surface area contributed by atoms with Crippen molar-refractivity contribution in [1.29, 1.82) is 0 Å². The van der Waals surface area contributed by atoms with E-state index in [1.165, 1.54) is 30.3 Å². The first-order valence-electron chi connectivity index (χ1n) is 30.9. The summed E-state index contributed by atoms with van der Waals surface area (Å²) in [7, 11) is 0. The molecule has 0 radical (unpaired) electrons. The Morgan fingerprint density at radius 2 is 0.816 bits per heavy atom. The number of phenols is 2. The molecule has 0 aliphatic heterocycles. The van der Waals surface area contributed by atoms with Crippen molar-refractivity contribution < 1.29 is 94.8 Å².